The number of epoxide rings is 1. The van der Waals surface area contributed by atoms with Crippen molar-refractivity contribution >= 4 is 0 Å². The minimum Gasteiger partial charge on any atom is -0.389 e. The van der Waals surface area contributed by atoms with Crippen molar-refractivity contribution in [1.82, 2.24) is 0 Å². The quantitative estimate of drug-likeness (QED) is 0.540. The van der Waals surface area contributed by atoms with Gasteiger partial charge in [-0.3, -0.25) is 0 Å². The summed E-state index contributed by atoms with van der Waals surface area (Å²) in [6, 6.07) is 0. The summed E-state index contributed by atoms with van der Waals surface area (Å²) in [5.74, 6) is 0. The smallest absolute Gasteiger partial charge is 0.0977 e. The molecule has 128 valence electrons. The average molecular weight is 318 g/mol. The molecule has 2 heterocycles. The summed E-state index contributed by atoms with van der Waals surface area (Å²) in [5, 5.41) is 10.3. The van der Waals surface area contributed by atoms with E-state index in [4.69, 9.17) is 9.47 Å². The molecule has 0 bridgehead atoms. The van der Waals surface area contributed by atoms with E-state index in [1.807, 2.05) is 6.08 Å². The summed E-state index contributed by atoms with van der Waals surface area (Å²) >= 11 is 0. The number of hydrogen-bond donors (Lipinski definition) is 1. The highest BCUT2D eigenvalue weighted by atomic mass is 16.6. The lowest BCUT2D eigenvalue weighted by atomic mass is 9.90. The summed E-state index contributed by atoms with van der Waals surface area (Å²) < 4.78 is 11.9. The Morgan fingerprint density at radius 1 is 1.13 bits per heavy atom. The first-order valence-corrected chi connectivity index (χ1v) is 8.88. The Bertz CT molecular complexity index is 557. The molecule has 0 amide bonds. The normalized spacial score (nSPS) is 43.6. The van der Waals surface area contributed by atoms with Crippen molar-refractivity contribution in [3.05, 3.63) is 34.4 Å². The lowest BCUT2D eigenvalue weighted by molar-refractivity contribution is 0.149. The van der Waals surface area contributed by atoms with Crippen molar-refractivity contribution in [2.75, 3.05) is 6.61 Å². The van der Waals surface area contributed by atoms with Gasteiger partial charge in [-0.15, -0.1) is 0 Å². The molecular weight excluding hydrogens is 288 g/mol. The number of aliphatic hydroxyl groups excluding tert-OH is 1. The molecule has 0 saturated carbocycles. The zero-order valence-electron chi connectivity index (χ0n) is 14.9. The monoisotopic (exact) mass is 318 g/mol. The van der Waals surface area contributed by atoms with Crippen LogP contribution in [0.5, 0.6) is 0 Å². The summed E-state index contributed by atoms with van der Waals surface area (Å²) in [4.78, 5) is 0. The van der Waals surface area contributed by atoms with Crippen molar-refractivity contribution in [2.45, 2.75) is 83.7 Å². The van der Waals surface area contributed by atoms with Crippen molar-refractivity contribution in [3.8, 4) is 0 Å². The van der Waals surface area contributed by atoms with Crippen LogP contribution in [0.4, 0.5) is 0 Å². The van der Waals surface area contributed by atoms with Crippen LogP contribution in [0.2, 0.25) is 0 Å². The molecule has 23 heavy (non-hydrogen) atoms. The first-order chi connectivity index (χ1) is 10.9. The van der Waals surface area contributed by atoms with Gasteiger partial charge in [0.15, 0.2) is 0 Å². The van der Waals surface area contributed by atoms with Crippen molar-refractivity contribution < 1.29 is 14.6 Å². The maximum Gasteiger partial charge on any atom is 0.0977 e. The van der Waals surface area contributed by atoms with Crippen molar-refractivity contribution in [2.24, 2.45) is 0 Å². The Hall–Kier alpha value is -0.900. The third kappa shape index (κ3) is 3.96. The molecule has 1 aliphatic carbocycles. The van der Waals surface area contributed by atoms with Gasteiger partial charge in [0.25, 0.3) is 0 Å². The molecular formula is C20H30O3. The van der Waals surface area contributed by atoms with Crippen LogP contribution in [0, 0.1) is 0 Å². The molecule has 3 nitrogen and oxygen atoms in total. The molecule has 0 aromatic heterocycles. The zero-order chi connectivity index (χ0) is 16.6. The fourth-order valence-electron chi connectivity index (χ4n) is 3.90. The van der Waals surface area contributed by atoms with E-state index in [-0.39, 0.29) is 11.7 Å². The highest BCUT2D eigenvalue weighted by Gasteiger charge is 2.51. The summed E-state index contributed by atoms with van der Waals surface area (Å²) in [6.07, 6.45) is 9.09. The van der Waals surface area contributed by atoms with E-state index in [1.54, 1.807) is 0 Å². The first-order valence-electron chi connectivity index (χ1n) is 8.88. The van der Waals surface area contributed by atoms with Gasteiger partial charge in [-0.1, -0.05) is 23.3 Å². The average Bonchev–Trinajstić information content (AvgIpc) is 2.99. The summed E-state index contributed by atoms with van der Waals surface area (Å²) in [7, 11) is 0. The molecule has 0 unspecified atom stereocenters. The maximum atomic E-state index is 10.3. The lowest BCUT2D eigenvalue weighted by Crippen LogP contribution is -2.15. The van der Waals surface area contributed by atoms with E-state index < -0.39 is 6.10 Å². The molecule has 1 saturated heterocycles. The number of ether oxygens (including phenoxy) is 2. The largest absolute Gasteiger partial charge is 0.389 e. The van der Waals surface area contributed by atoms with Crippen LogP contribution in [0.1, 0.15) is 59.8 Å². The topological polar surface area (TPSA) is 42.0 Å². The molecule has 3 rings (SSSR count). The van der Waals surface area contributed by atoms with E-state index in [1.165, 1.54) is 22.3 Å². The third-order valence-electron chi connectivity index (χ3n) is 5.54. The van der Waals surface area contributed by atoms with Crippen LogP contribution in [-0.2, 0) is 9.47 Å². The minimum atomic E-state index is -0.407. The van der Waals surface area contributed by atoms with E-state index in [0.717, 1.165) is 32.3 Å². The molecule has 3 heteroatoms. The van der Waals surface area contributed by atoms with E-state index >= 15 is 0 Å². The number of hydrogen-bond acceptors (Lipinski definition) is 3. The van der Waals surface area contributed by atoms with E-state index in [9.17, 15) is 5.11 Å². The van der Waals surface area contributed by atoms with Gasteiger partial charge in [-0.05, 0) is 70.9 Å². The van der Waals surface area contributed by atoms with Crippen LogP contribution in [0.15, 0.2) is 34.4 Å². The highest BCUT2D eigenvalue weighted by molar-refractivity contribution is 5.29. The molecule has 0 spiro atoms. The zero-order valence-corrected chi connectivity index (χ0v) is 14.9. The molecule has 2 aliphatic heterocycles. The Morgan fingerprint density at radius 2 is 1.91 bits per heavy atom. The second-order valence-corrected chi connectivity index (χ2v) is 7.79. The third-order valence-corrected chi connectivity index (χ3v) is 5.54. The number of aliphatic hydroxyl groups is 1. The van der Waals surface area contributed by atoms with Crippen molar-refractivity contribution in [1.29, 1.82) is 0 Å². The van der Waals surface area contributed by atoms with E-state index in [0.29, 0.717) is 12.5 Å². The Labute approximate surface area is 140 Å². The van der Waals surface area contributed by atoms with Crippen LogP contribution in [-0.4, -0.2) is 35.6 Å². The number of allylic oxidation sites excluding steroid dienone is 1. The van der Waals surface area contributed by atoms with Gasteiger partial charge in [0.05, 0.1) is 30.5 Å². The van der Waals surface area contributed by atoms with Gasteiger partial charge in [-0.25, -0.2) is 0 Å². The van der Waals surface area contributed by atoms with E-state index in [2.05, 4.69) is 33.8 Å². The predicted octanol–water partition coefficient (Wildman–Crippen LogP) is 4.08. The molecule has 0 aromatic carbocycles. The van der Waals surface area contributed by atoms with Gasteiger partial charge >= 0.3 is 0 Å². The van der Waals surface area contributed by atoms with Crippen molar-refractivity contribution in [3.63, 3.8) is 0 Å². The molecule has 1 fully saturated rings. The first kappa shape index (κ1) is 16.9. The molecule has 0 aromatic rings. The van der Waals surface area contributed by atoms with Crippen LogP contribution >= 0.6 is 0 Å². The van der Waals surface area contributed by atoms with Gasteiger partial charge in [-0.2, -0.15) is 0 Å². The van der Waals surface area contributed by atoms with Gasteiger partial charge in [0, 0.05) is 0 Å². The van der Waals surface area contributed by atoms with Crippen LogP contribution in [0.25, 0.3) is 0 Å². The second-order valence-electron chi connectivity index (χ2n) is 7.79. The standard InChI is InChI=1S/C20H30O3/c1-13-5-6-19-20(4,23-19)8-7-17-15(3)12-22-18(17)11-14(2)10-16(21)9-13/h9,11,16,18-19,21H,5-8,10,12H2,1-4H3/b13-9+,14-11+/t16-,18-,19+,20+/m0/s1. The van der Waals surface area contributed by atoms with Crippen LogP contribution in [0.3, 0.4) is 0 Å². The summed E-state index contributed by atoms with van der Waals surface area (Å²) in [5.41, 5.74) is 5.26. The fraction of sp³-hybridized carbons (Fsp3) is 0.700. The maximum absolute atomic E-state index is 10.3. The molecule has 0 radical (unpaired) electrons. The van der Waals surface area contributed by atoms with Gasteiger partial charge in [0.2, 0.25) is 0 Å². The highest BCUT2D eigenvalue weighted by Crippen LogP contribution is 2.45. The molecule has 4 atom stereocenters. The van der Waals surface area contributed by atoms with Crippen LogP contribution < -0.4 is 0 Å². The summed E-state index contributed by atoms with van der Waals surface area (Å²) in [6.45, 7) is 9.34. The number of rotatable bonds is 0. The second kappa shape index (κ2) is 6.54. The minimum absolute atomic E-state index is 0.0300. The SMILES string of the molecule is CC1=C2CC[C@@]3(C)O[C@@H]3CC/C(C)=C/[C@H](O)C/C(C)=C/[C@@H]2OC1. The Morgan fingerprint density at radius 3 is 2.70 bits per heavy atom. The lowest BCUT2D eigenvalue weighted by Gasteiger charge is -2.16. The number of fused-ring (bicyclic) bond motifs is 2. The Kier molecular flexibility index (Phi) is 4.82. The van der Waals surface area contributed by atoms with Gasteiger partial charge in [0.1, 0.15) is 0 Å². The fourth-order valence-corrected chi connectivity index (χ4v) is 3.90. The predicted molar refractivity (Wildman–Crippen MR) is 92.3 cm³/mol. The Balaban J connectivity index is 1.81. The molecule has 1 N–H and O–H groups in total. The molecule has 3 aliphatic rings. The van der Waals surface area contributed by atoms with Gasteiger partial charge < -0.3 is 14.6 Å².